The van der Waals surface area contributed by atoms with E-state index in [1.165, 1.54) is 17.3 Å². The number of primary amides is 1. The zero-order valence-electron chi connectivity index (χ0n) is 12.1. The Morgan fingerprint density at radius 2 is 2.05 bits per heavy atom. The summed E-state index contributed by atoms with van der Waals surface area (Å²) in [4.78, 5) is 10.8. The molecule has 1 amide bonds. The van der Waals surface area contributed by atoms with Crippen LogP contribution >= 0.6 is 11.8 Å². The number of benzene rings is 1. The Hall–Kier alpha value is -2.02. The molecule has 0 bridgehead atoms. The van der Waals surface area contributed by atoms with Crippen molar-refractivity contribution in [1.29, 1.82) is 0 Å². The van der Waals surface area contributed by atoms with Crippen LogP contribution in [-0.2, 0) is 24.9 Å². The fourth-order valence-corrected chi connectivity index (χ4v) is 2.37. The van der Waals surface area contributed by atoms with Crippen LogP contribution in [0.25, 0.3) is 0 Å². The van der Waals surface area contributed by atoms with E-state index in [9.17, 15) is 4.79 Å². The van der Waals surface area contributed by atoms with Crippen LogP contribution in [0.4, 0.5) is 0 Å². The number of aromatic nitrogens is 3. The highest BCUT2D eigenvalue weighted by atomic mass is 32.2. The second kappa shape index (κ2) is 7.12. The van der Waals surface area contributed by atoms with Gasteiger partial charge in [-0.3, -0.25) is 4.79 Å². The van der Waals surface area contributed by atoms with E-state index >= 15 is 0 Å². The Morgan fingerprint density at radius 1 is 1.33 bits per heavy atom. The summed E-state index contributed by atoms with van der Waals surface area (Å²) in [5.41, 5.74) is 6.38. The van der Waals surface area contributed by atoms with Crippen LogP contribution in [0, 0.1) is 0 Å². The lowest BCUT2D eigenvalue weighted by Gasteiger charge is -2.07. The molecule has 0 saturated heterocycles. The summed E-state index contributed by atoms with van der Waals surface area (Å²) in [6.07, 6.45) is 1.00. The predicted octanol–water partition coefficient (Wildman–Crippen LogP) is 1.53. The monoisotopic (exact) mass is 306 g/mol. The van der Waals surface area contributed by atoms with E-state index in [2.05, 4.69) is 17.1 Å². The van der Waals surface area contributed by atoms with Gasteiger partial charge in [-0.15, -0.1) is 10.2 Å². The number of aryl methyl sites for hydroxylation is 1. The highest BCUT2D eigenvalue weighted by Gasteiger charge is 2.10. The molecule has 1 aromatic carbocycles. The Kier molecular flexibility index (Phi) is 5.21. The zero-order chi connectivity index (χ0) is 15.2. The first-order valence-electron chi connectivity index (χ1n) is 6.61. The third-order valence-electron chi connectivity index (χ3n) is 2.97. The molecule has 0 atom stereocenters. The Morgan fingerprint density at radius 3 is 2.67 bits per heavy atom. The van der Waals surface area contributed by atoms with Crippen LogP contribution in [0.1, 0.15) is 18.3 Å². The number of hydrogen-bond acceptors (Lipinski definition) is 5. The molecule has 2 aromatic rings. The van der Waals surface area contributed by atoms with E-state index in [-0.39, 0.29) is 11.7 Å². The predicted molar refractivity (Wildman–Crippen MR) is 81.1 cm³/mol. The first-order chi connectivity index (χ1) is 10.1. The van der Waals surface area contributed by atoms with Gasteiger partial charge in [-0.2, -0.15) is 0 Å². The first kappa shape index (κ1) is 15.4. The van der Waals surface area contributed by atoms with Crippen molar-refractivity contribution in [3.63, 3.8) is 0 Å². The molecule has 0 aliphatic rings. The average molecular weight is 306 g/mol. The second-order valence-corrected chi connectivity index (χ2v) is 5.44. The van der Waals surface area contributed by atoms with Gasteiger partial charge in [0.25, 0.3) is 0 Å². The van der Waals surface area contributed by atoms with Gasteiger partial charge in [-0.25, -0.2) is 0 Å². The minimum atomic E-state index is -0.378. The van der Waals surface area contributed by atoms with Crippen LogP contribution < -0.4 is 10.5 Å². The molecule has 0 aliphatic carbocycles. The van der Waals surface area contributed by atoms with Crippen molar-refractivity contribution in [2.75, 3.05) is 5.75 Å². The van der Waals surface area contributed by atoms with Gasteiger partial charge in [0.15, 0.2) is 11.0 Å². The maximum Gasteiger partial charge on any atom is 0.227 e. The van der Waals surface area contributed by atoms with Crippen LogP contribution in [-0.4, -0.2) is 26.4 Å². The molecule has 2 N–H and O–H groups in total. The Labute approximate surface area is 127 Å². The Bertz CT molecular complexity index is 610. The maximum atomic E-state index is 10.8. The minimum Gasteiger partial charge on any atom is -0.486 e. The van der Waals surface area contributed by atoms with Gasteiger partial charge >= 0.3 is 0 Å². The molecule has 0 fully saturated rings. The minimum absolute atomic E-state index is 0.186. The summed E-state index contributed by atoms with van der Waals surface area (Å²) in [6, 6.07) is 7.97. The van der Waals surface area contributed by atoms with E-state index in [4.69, 9.17) is 10.5 Å². The third-order valence-corrected chi connectivity index (χ3v) is 4.01. The summed E-state index contributed by atoms with van der Waals surface area (Å²) in [5.74, 6) is 1.30. The largest absolute Gasteiger partial charge is 0.486 e. The zero-order valence-corrected chi connectivity index (χ0v) is 12.9. The molecule has 6 nitrogen and oxygen atoms in total. The molecule has 2 rings (SSSR count). The summed E-state index contributed by atoms with van der Waals surface area (Å²) in [7, 11) is 1.84. The van der Waals surface area contributed by atoms with Crippen molar-refractivity contribution in [3.05, 3.63) is 35.7 Å². The van der Waals surface area contributed by atoms with Gasteiger partial charge in [0.2, 0.25) is 5.91 Å². The average Bonchev–Trinajstić information content (AvgIpc) is 2.84. The molecule has 1 aromatic heterocycles. The maximum absolute atomic E-state index is 10.8. The number of carbonyl (C=O) groups excluding carboxylic acids is 1. The van der Waals surface area contributed by atoms with Crippen molar-refractivity contribution in [2.45, 2.75) is 25.1 Å². The van der Waals surface area contributed by atoms with E-state index < -0.39 is 0 Å². The standard InChI is InChI=1S/C14H18N4O2S/c1-3-10-4-6-11(7-5-10)20-8-13-16-17-14(18(13)2)21-9-12(15)19/h4-7H,3,8-9H2,1-2H3,(H2,15,19). The number of hydrogen-bond donors (Lipinski definition) is 1. The topological polar surface area (TPSA) is 83.0 Å². The number of carbonyl (C=O) groups is 1. The number of thioether (sulfide) groups is 1. The molecule has 1 heterocycles. The van der Waals surface area contributed by atoms with Gasteiger partial charge in [0.1, 0.15) is 12.4 Å². The number of nitrogens with zero attached hydrogens (tertiary/aromatic N) is 3. The van der Waals surface area contributed by atoms with Crippen LogP contribution in [0.5, 0.6) is 5.75 Å². The molecule has 0 radical (unpaired) electrons. The van der Waals surface area contributed by atoms with Gasteiger partial charge in [0, 0.05) is 7.05 Å². The smallest absolute Gasteiger partial charge is 0.227 e. The lowest BCUT2D eigenvalue weighted by atomic mass is 10.2. The van der Waals surface area contributed by atoms with Crippen molar-refractivity contribution in [3.8, 4) is 5.75 Å². The molecular formula is C14H18N4O2S. The highest BCUT2D eigenvalue weighted by molar-refractivity contribution is 7.99. The van der Waals surface area contributed by atoms with Gasteiger partial charge < -0.3 is 15.0 Å². The van der Waals surface area contributed by atoms with E-state index in [0.29, 0.717) is 17.6 Å². The number of amides is 1. The van der Waals surface area contributed by atoms with Gasteiger partial charge in [-0.1, -0.05) is 30.8 Å². The number of ether oxygens (including phenoxy) is 1. The summed E-state index contributed by atoms with van der Waals surface area (Å²) in [6.45, 7) is 2.44. The fraction of sp³-hybridized carbons (Fsp3) is 0.357. The van der Waals surface area contributed by atoms with Crippen molar-refractivity contribution >= 4 is 17.7 Å². The van der Waals surface area contributed by atoms with E-state index in [1.54, 1.807) is 4.57 Å². The molecule has 0 unspecified atom stereocenters. The van der Waals surface area contributed by atoms with Gasteiger partial charge in [-0.05, 0) is 24.1 Å². The summed E-state index contributed by atoms with van der Waals surface area (Å²) in [5, 5.41) is 8.72. The molecule has 0 spiro atoms. The van der Waals surface area contributed by atoms with E-state index in [1.807, 2.05) is 31.3 Å². The number of rotatable bonds is 7. The van der Waals surface area contributed by atoms with Crippen LogP contribution in [0.3, 0.4) is 0 Å². The Balaban J connectivity index is 1.95. The molecule has 0 saturated carbocycles. The third kappa shape index (κ3) is 4.22. The SMILES string of the molecule is CCc1ccc(OCc2nnc(SCC(N)=O)n2C)cc1. The summed E-state index contributed by atoms with van der Waals surface area (Å²) < 4.78 is 7.49. The van der Waals surface area contributed by atoms with Crippen molar-refractivity contribution in [1.82, 2.24) is 14.8 Å². The normalized spacial score (nSPS) is 10.6. The van der Waals surface area contributed by atoms with Crippen LogP contribution in [0.15, 0.2) is 29.4 Å². The van der Waals surface area contributed by atoms with Crippen LogP contribution in [0.2, 0.25) is 0 Å². The van der Waals surface area contributed by atoms with Crippen molar-refractivity contribution in [2.24, 2.45) is 12.8 Å². The fourth-order valence-electron chi connectivity index (χ4n) is 1.70. The second-order valence-electron chi connectivity index (χ2n) is 4.50. The molecule has 112 valence electrons. The molecule has 21 heavy (non-hydrogen) atoms. The molecule has 0 aliphatic heterocycles. The lowest BCUT2D eigenvalue weighted by molar-refractivity contribution is -0.115. The summed E-state index contributed by atoms with van der Waals surface area (Å²) >= 11 is 1.26. The first-order valence-corrected chi connectivity index (χ1v) is 7.59. The highest BCUT2D eigenvalue weighted by Crippen LogP contribution is 2.17. The lowest BCUT2D eigenvalue weighted by Crippen LogP contribution is -2.13. The number of nitrogens with two attached hydrogens (primary N) is 1. The molecule has 7 heteroatoms. The van der Waals surface area contributed by atoms with Gasteiger partial charge in [0.05, 0.1) is 5.75 Å². The quantitative estimate of drug-likeness (QED) is 0.784. The molecular weight excluding hydrogens is 288 g/mol. The van der Waals surface area contributed by atoms with Crippen molar-refractivity contribution < 1.29 is 9.53 Å². The van der Waals surface area contributed by atoms with E-state index in [0.717, 1.165) is 12.2 Å².